The molecule has 6 nitrogen and oxygen atoms in total. The van der Waals surface area contributed by atoms with Gasteiger partial charge in [0, 0.05) is 31.5 Å². The van der Waals surface area contributed by atoms with E-state index in [2.05, 4.69) is 10.1 Å². The Balaban J connectivity index is 2.10. The second-order valence-corrected chi connectivity index (χ2v) is 6.52. The lowest BCUT2D eigenvalue weighted by molar-refractivity contribution is 0.197. The molecular weight excluding hydrogens is 373 g/mol. The summed E-state index contributed by atoms with van der Waals surface area (Å²) in [6, 6.07) is 13.2. The van der Waals surface area contributed by atoms with Gasteiger partial charge in [0.05, 0.1) is 24.1 Å². The maximum Gasteiger partial charge on any atom is 0.280 e. The summed E-state index contributed by atoms with van der Waals surface area (Å²) >= 11 is 0. The highest BCUT2D eigenvalue weighted by molar-refractivity contribution is 6.03. The third-order valence-corrected chi connectivity index (χ3v) is 4.57. The molecule has 3 rings (SSSR count). The molecule has 0 amide bonds. The summed E-state index contributed by atoms with van der Waals surface area (Å²) in [5, 5.41) is 3.16. The number of methoxy groups -OCH3 is 2. The van der Waals surface area contributed by atoms with Crippen LogP contribution >= 0.6 is 0 Å². The van der Waals surface area contributed by atoms with Crippen molar-refractivity contribution in [2.24, 2.45) is 4.99 Å². The number of aromatic nitrogens is 2. The fourth-order valence-electron chi connectivity index (χ4n) is 3.05. The second kappa shape index (κ2) is 9.34. The Morgan fingerprint density at radius 2 is 1.79 bits per heavy atom. The number of rotatable bonds is 8. The van der Waals surface area contributed by atoms with Crippen LogP contribution in [-0.2, 0) is 4.74 Å². The molecule has 0 atom stereocenters. The highest BCUT2D eigenvalue weighted by atomic mass is 19.1. The summed E-state index contributed by atoms with van der Waals surface area (Å²) in [4.78, 5) is 17.8. The zero-order valence-electron chi connectivity index (χ0n) is 16.7. The predicted octanol–water partition coefficient (Wildman–Crippen LogP) is 3.83. The van der Waals surface area contributed by atoms with Crippen molar-refractivity contribution in [3.63, 3.8) is 0 Å². The number of H-pyrrole nitrogens is 1. The zero-order valence-corrected chi connectivity index (χ0v) is 16.7. The molecule has 0 bridgehead atoms. The lowest BCUT2D eigenvalue weighted by Gasteiger charge is -2.05. The van der Waals surface area contributed by atoms with Crippen LogP contribution in [0, 0.1) is 5.82 Å². The van der Waals surface area contributed by atoms with Crippen LogP contribution in [0.25, 0.3) is 16.9 Å². The number of nitrogens with one attached hydrogen (secondary N) is 1. The third-order valence-electron chi connectivity index (χ3n) is 4.57. The van der Waals surface area contributed by atoms with Crippen molar-refractivity contribution < 1.29 is 13.9 Å². The largest absolute Gasteiger partial charge is 0.497 e. The van der Waals surface area contributed by atoms with Crippen LogP contribution in [0.2, 0.25) is 0 Å². The fraction of sp³-hybridized carbons (Fsp3) is 0.273. The standard InChI is InChI=1S/C22H24FN3O3/c1-15(24-13-4-14-28-2)20-21(16-5-11-19(29-3)12-6-16)25-26(22(20)27)18-9-7-17(23)8-10-18/h5-12,25H,4,13-14H2,1-3H3. The molecule has 3 aromatic rings. The van der Waals surface area contributed by atoms with Crippen LogP contribution < -0.4 is 10.3 Å². The number of hydrogen-bond acceptors (Lipinski definition) is 4. The average molecular weight is 397 g/mol. The van der Waals surface area contributed by atoms with Gasteiger partial charge in [0.15, 0.2) is 0 Å². The van der Waals surface area contributed by atoms with Crippen LogP contribution in [0.5, 0.6) is 5.75 Å². The molecule has 0 aliphatic rings. The molecule has 1 N–H and O–H groups in total. The first-order valence-electron chi connectivity index (χ1n) is 9.31. The van der Waals surface area contributed by atoms with Gasteiger partial charge in [-0.05, 0) is 61.9 Å². The highest BCUT2D eigenvalue weighted by Gasteiger charge is 2.19. The van der Waals surface area contributed by atoms with Gasteiger partial charge in [-0.1, -0.05) is 0 Å². The molecule has 0 spiro atoms. The minimum absolute atomic E-state index is 0.240. The molecule has 0 saturated heterocycles. The Labute approximate surface area is 168 Å². The molecule has 0 saturated carbocycles. The average Bonchev–Trinajstić information content (AvgIpc) is 3.09. The smallest absolute Gasteiger partial charge is 0.280 e. The minimum Gasteiger partial charge on any atom is -0.497 e. The summed E-state index contributed by atoms with van der Waals surface area (Å²) in [5.41, 5.74) is 2.89. The maximum absolute atomic E-state index is 13.3. The molecule has 0 fully saturated rings. The molecule has 7 heteroatoms. The van der Waals surface area contributed by atoms with Crippen LogP contribution in [0.3, 0.4) is 0 Å². The molecular formula is C22H24FN3O3. The van der Waals surface area contributed by atoms with Crippen molar-refractivity contribution in [1.29, 1.82) is 0 Å². The lowest BCUT2D eigenvalue weighted by atomic mass is 10.0. The van der Waals surface area contributed by atoms with E-state index in [-0.39, 0.29) is 11.4 Å². The first kappa shape index (κ1) is 20.5. The van der Waals surface area contributed by atoms with Crippen LogP contribution in [0.15, 0.2) is 58.3 Å². The number of aliphatic imine (C=N–C) groups is 1. The van der Waals surface area contributed by atoms with E-state index in [0.717, 1.165) is 17.7 Å². The zero-order chi connectivity index (χ0) is 20.8. The van der Waals surface area contributed by atoms with Gasteiger partial charge in [-0.25, -0.2) is 9.07 Å². The van der Waals surface area contributed by atoms with Crippen molar-refractivity contribution in [3.05, 3.63) is 70.3 Å². The van der Waals surface area contributed by atoms with Crippen molar-refractivity contribution in [2.45, 2.75) is 13.3 Å². The van der Waals surface area contributed by atoms with Crippen LogP contribution in [0.1, 0.15) is 18.9 Å². The van der Waals surface area contributed by atoms with E-state index < -0.39 is 0 Å². The van der Waals surface area contributed by atoms with Gasteiger partial charge in [-0.2, -0.15) is 0 Å². The SMILES string of the molecule is COCCCN=C(C)c1c(-c2ccc(OC)cc2)[nH]n(-c2ccc(F)cc2)c1=O. The van der Waals surface area contributed by atoms with Crippen LogP contribution in [-0.4, -0.2) is 42.9 Å². The molecule has 1 aromatic heterocycles. The number of hydrogen-bond donors (Lipinski definition) is 1. The molecule has 152 valence electrons. The van der Waals surface area contributed by atoms with Crippen molar-refractivity contribution in [1.82, 2.24) is 9.78 Å². The van der Waals surface area contributed by atoms with Gasteiger partial charge < -0.3 is 9.47 Å². The van der Waals surface area contributed by atoms with Gasteiger partial charge in [0.25, 0.3) is 5.56 Å². The van der Waals surface area contributed by atoms with E-state index in [0.29, 0.717) is 35.8 Å². The normalized spacial score (nSPS) is 11.7. The molecule has 1 heterocycles. The molecule has 0 aliphatic carbocycles. The Hall–Kier alpha value is -3.19. The molecule has 2 aromatic carbocycles. The molecule has 0 unspecified atom stereocenters. The van der Waals surface area contributed by atoms with Gasteiger partial charge >= 0.3 is 0 Å². The van der Waals surface area contributed by atoms with Gasteiger partial charge in [0.1, 0.15) is 11.6 Å². The number of benzene rings is 2. The highest BCUT2D eigenvalue weighted by Crippen LogP contribution is 2.24. The van der Waals surface area contributed by atoms with Crippen LogP contribution in [0.4, 0.5) is 4.39 Å². The third kappa shape index (κ3) is 4.63. The molecule has 0 aliphatic heterocycles. The van der Waals surface area contributed by atoms with Gasteiger partial charge in [0.2, 0.25) is 0 Å². The number of ether oxygens (including phenoxy) is 2. The summed E-state index contributed by atoms with van der Waals surface area (Å²) in [5.74, 6) is 0.361. The second-order valence-electron chi connectivity index (χ2n) is 6.52. The Bertz CT molecular complexity index is 1030. The Morgan fingerprint density at radius 1 is 1.10 bits per heavy atom. The van der Waals surface area contributed by atoms with Gasteiger partial charge in [-0.15, -0.1) is 0 Å². The lowest BCUT2D eigenvalue weighted by Crippen LogP contribution is -2.19. The van der Waals surface area contributed by atoms with E-state index in [1.54, 1.807) is 26.4 Å². The van der Waals surface area contributed by atoms with E-state index in [1.165, 1.54) is 16.8 Å². The summed E-state index contributed by atoms with van der Waals surface area (Å²) in [6.45, 7) is 2.98. The van der Waals surface area contributed by atoms with Crippen molar-refractivity contribution in [2.75, 3.05) is 27.4 Å². The van der Waals surface area contributed by atoms with E-state index in [9.17, 15) is 9.18 Å². The summed E-state index contributed by atoms with van der Waals surface area (Å²) in [6.07, 6.45) is 0.766. The maximum atomic E-state index is 13.3. The van der Waals surface area contributed by atoms with Crippen molar-refractivity contribution >= 4 is 5.71 Å². The quantitative estimate of drug-likeness (QED) is 0.464. The topological polar surface area (TPSA) is 68.6 Å². The molecule has 29 heavy (non-hydrogen) atoms. The predicted molar refractivity (Wildman–Crippen MR) is 112 cm³/mol. The number of aromatic amines is 1. The number of halogens is 1. The Morgan fingerprint density at radius 3 is 2.41 bits per heavy atom. The summed E-state index contributed by atoms with van der Waals surface area (Å²) < 4.78 is 25.0. The first-order valence-corrected chi connectivity index (χ1v) is 9.31. The number of nitrogens with zero attached hydrogens (tertiary/aromatic N) is 2. The minimum atomic E-state index is -0.361. The van der Waals surface area contributed by atoms with E-state index in [4.69, 9.17) is 9.47 Å². The monoisotopic (exact) mass is 397 g/mol. The first-order chi connectivity index (χ1) is 14.0. The Kier molecular flexibility index (Phi) is 6.61. The van der Waals surface area contributed by atoms with Gasteiger partial charge in [-0.3, -0.25) is 14.9 Å². The summed E-state index contributed by atoms with van der Waals surface area (Å²) in [7, 11) is 3.25. The van der Waals surface area contributed by atoms with E-state index in [1.807, 2.05) is 31.2 Å². The van der Waals surface area contributed by atoms with Crippen molar-refractivity contribution in [3.8, 4) is 22.7 Å². The molecule has 0 radical (unpaired) electrons. The fourth-order valence-corrected chi connectivity index (χ4v) is 3.05. The van der Waals surface area contributed by atoms with E-state index >= 15 is 0 Å².